The molecule has 0 saturated heterocycles. The lowest BCUT2D eigenvalue weighted by Gasteiger charge is -2.27. The Morgan fingerprint density at radius 1 is 0.909 bits per heavy atom. The van der Waals surface area contributed by atoms with E-state index in [1.54, 1.807) is 4.90 Å². The van der Waals surface area contributed by atoms with Gasteiger partial charge in [-0.05, 0) is 45.0 Å². The van der Waals surface area contributed by atoms with Gasteiger partial charge in [0.2, 0.25) is 0 Å². The molecule has 0 aliphatic carbocycles. The van der Waals surface area contributed by atoms with Gasteiger partial charge in [-0.2, -0.15) is 0 Å². The van der Waals surface area contributed by atoms with Crippen LogP contribution in [0.5, 0.6) is 0 Å². The van der Waals surface area contributed by atoms with Crippen molar-refractivity contribution in [1.82, 2.24) is 4.98 Å². The summed E-state index contributed by atoms with van der Waals surface area (Å²) in [4.78, 5) is 19.2. The van der Waals surface area contributed by atoms with E-state index in [4.69, 9.17) is 24.9 Å². The number of para-hydroxylation sites is 1. The third-order valence-electron chi connectivity index (χ3n) is 4.78. The van der Waals surface area contributed by atoms with Gasteiger partial charge in [0.05, 0.1) is 44.2 Å². The van der Waals surface area contributed by atoms with Crippen molar-refractivity contribution in [2.24, 2.45) is 5.73 Å². The predicted molar refractivity (Wildman–Crippen MR) is 131 cm³/mol. The minimum absolute atomic E-state index is 0.360. The van der Waals surface area contributed by atoms with Gasteiger partial charge in [-0.1, -0.05) is 36.4 Å². The SMILES string of the molecule is CC(C)(C)OC(=O)N(CCOCCOCCN)c1ccc(-c2ccc3ccccc3n2)cc1. The van der Waals surface area contributed by atoms with Gasteiger partial charge < -0.3 is 19.9 Å². The van der Waals surface area contributed by atoms with E-state index in [2.05, 4.69) is 6.07 Å². The van der Waals surface area contributed by atoms with Gasteiger partial charge in [-0.15, -0.1) is 0 Å². The molecule has 0 bridgehead atoms. The van der Waals surface area contributed by atoms with Crippen molar-refractivity contribution < 1.29 is 19.0 Å². The summed E-state index contributed by atoms with van der Waals surface area (Å²) >= 11 is 0. The lowest BCUT2D eigenvalue weighted by Crippen LogP contribution is -2.39. The topological polar surface area (TPSA) is 86.9 Å². The van der Waals surface area contributed by atoms with Gasteiger partial charge in [0, 0.05) is 23.2 Å². The van der Waals surface area contributed by atoms with Crippen molar-refractivity contribution in [2.45, 2.75) is 26.4 Å². The first-order chi connectivity index (χ1) is 15.9. The van der Waals surface area contributed by atoms with Gasteiger partial charge >= 0.3 is 6.09 Å². The van der Waals surface area contributed by atoms with Crippen molar-refractivity contribution >= 4 is 22.7 Å². The minimum atomic E-state index is -0.596. The highest BCUT2D eigenvalue weighted by Gasteiger charge is 2.23. The molecule has 3 aromatic rings. The molecule has 3 rings (SSSR count). The molecule has 0 atom stereocenters. The Bertz CT molecular complexity index is 1030. The van der Waals surface area contributed by atoms with E-state index >= 15 is 0 Å². The smallest absolute Gasteiger partial charge is 0.414 e. The van der Waals surface area contributed by atoms with Crippen LogP contribution in [0.25, 0.3) is 22.2 Å². The number of fused-ring (bicyclic) bond motifs is 1. The monoisotopic (exact) mass is 451 g/mol. The van der Waals surface area contributed by atoms with Gasteiger partial charge in [0.1, 0.15) is 5.60 Å². The zero-order chi connectivity index (χ0) is 23.7. The van der Waals surface area contributed by atoms with Crippen LogP contribution in [-0.4, -0.2) is 56.2 Å². The van der Waals surface area contributed by atoms with E-state index < -0.39 is 11.7 Å². The number of ether oxygens (including phenoxy) is 3. The molecular formula is C26H33N3O4. The first-order valence-corrected chi connectivity index (χ1v) is 11.2. The lowest BCUT2D eigenvalue weighted by atomic mass is 10.1. The number of pyridine rings is 1. The molecule has 2 aromatic carbocycles. The molecule has 2 N–H and O–H groups in total. The molecule has 176 valence electrons. The number of hydrogen-bond donors (Lipinski definition) is 1. The molecule has 1 aromatic heterocycles. The fourth-order valence-corrected chi connectivity index (χ4v) is 3.24. The Morgan fingerprint density at radius 2 is 1.61 bits per heavy atom. The zero-order valence-corrected chi connectivity index (χ0v) is 19.6. The van der Waals surface area contributed by atoms with E-state index in [-0.39, 0.29) is 0 Å². The molecule has 7 heteroatoms. The van der Waals surface area contributed by atoms with Gasteiger partial charge in [0.25, 0.3) is 0 Å². The molecule has 0 radical (unpaired) electrons. The van der Waals surface area contributed by atoms with Crippen LogP contribution in [0.4, 0.5) is 10.5 Å². The molecule has 33 heavy (non-hydrogen) atoms. The van der Waals surface area contributed by atoms with E-state index in [9.17, 15) is 4.79 Å². The van der Waals surface area contributed by atoms with Crippen molar-refractivity contribution in [3.8, 4) is 11.3 Å². The molecule has 0 spiro atoms. The first-order valence-electron chi connectivity index (χ1n) is 11.2. The Kier molecular flexibility index (Phi) is 8.77. The van der Waals surface area contributed by atoms with Crippen LogP contribution in [-0.2, 0) is 14.2 Å². The van der Waals surface area contributed by atoms with Crippen LogP contribution < -0.4 is 10.6 Å². The van der Waals surface area contributed by atoms with Crippen molar-refractivity contribution in [3.05, 3.63) is 60.7 Å². The van der Waals surface area contributed by atoms with Gasteiger partial charge in [-0.3, -0.25) is 4.90 Å². The average Bonchev–Trinajstić information content (AvgIpc) is 2.79. The first kappa shape index (κ1) is 24.6. The van der Waals surface area contributed by atoms with Gasteiger partial charge in [0.15, 0.2) is 0 Å². The molecule has 7 nitrogen and oxygen atoms in total. The molecular weight excluding hydrogens is 418 g/mol. The Morgan fingerprint density at radius 3 is 2.30 bits per heavy atom. The Labute approximate surface area is 195 Å². The third-order valence-corrected chi connectivity index (χ3v) is 4.78. The van der Waals surface area contributed by atoms with Crippen LogP contribution in [0.2, 0.25) is 0 Å². The third kappa shape index (κ3) is 7.53. The standard InChI is InChI=1S/C26H33N3O4/c1-26(2,3)33-25(30)29(15-17-32-19-18-31-16-14-27)22-11-8-21(9-12-22)24-13-10-20-6-4-5-7-23(20)28-24/h4-13H,14-19,27H2,1-3H3. The summed E-state index contributed by atoms with van der Waals surface area (Å²) in [5.74, 6) is 0. The molecule has 1 heterocycles. The summed E-state index contributed by atoms with van der Waals surface area (Å²) in [5.41, 5.74) is 8.34. The van der Waals surface area contributed by atoms with Crippen LogP contribution in [0.1, 0.15) is 20.8 Å². The number of amides is 1. The summed E-state index contributed by atoms with van der Waals surface area (Å²) in [7, 11) is 0. The number of carbonyl (C=O) groups excluding carboxylic acids is 1. The van der Waals surface area contributed by atoms with Crippen LogP contribution >= 0.6 is 0 Å². The molecule has 0 aliphatic rings. The molecule has 0 fully saturated rings. The highest BCUT2D eigenvalue weighted by molar-refractivity contribution is 5.88. The number of rotatable bonds is 10. The van der Waals surface area contributed by atoms with Crippen molar-refractivity contribution in [3.63, 3.8) is 0 Å². The second-order valence-electron chi connectivity index (χ2n) is 8.58. The number of benzene rings is 2. The zero-order valence-electron chi connectivity index (χ0n) is 19.6. The Hall–Kier alpha value is -3.00. The largest absolute Gasteiger partial charge is 0.443 e. The summed E-state index contributed by atoms with van der Waals surface area (Å²) in [6.07, 6.45) is -0.415. The number of carbonyl (C=O) groups is 1. The normalized spacial score (nSPS) is 11.5. The van der Waals surface area contributed by atoms with E-state index in [0.717, 1.165) is 27.8 Å². The average molecular weight is 452 g/mol. The number of hydrogen-bond acceptors (Lipinski definition) is 6. The fourth-order valence-electron chi connectivity index (χ4n) is 3.24. The summed E-state index contributed by atoms with van der Waals surface area (Å²) < 4.78 is 16.5. The van der Waals surface area contributed by atoms with E-state index in [0.29, 0.717) is 39.5 Å². The summed E-state index contributed by atoms with van der Waals surface area (Å²) in [6.45, 7) is 8.17. The maximum atomic E-state index is 12.9. The van der Waals surface area contributed by atoms with Crippen LogP contribution in [0.3, 0.4) is 0 Å². The maximum Gasteiger partial charge on any atom is 0.414 e. The molecule has 0 unspecified atom stereocenters. The second kappa shape index (κ2) is 11.7. The molecule has 1 amide bonds. The Balaban J connectivity index is 1.71. The van der Waals surface area contributed by atoms with Gasteiger partial charge in [-0.25, -0.2) is 9.78 Å². The van der Waals surface area contributed by atoms with E-state index in [1.807, 2.05) is 75.4 Å². The van der Waals surface area contributed by atoms with E-state index in [1.165, 1.54) is 0 Å². The highest BCUT2D eigenvalue weighted by Crippen LogP contribution is 2.25. The number of nitrogens with two attached hydrogens (primary N) is 1. The second-order valence-corrected chi connectivity index (χ2v) is 8.58. The number of anilines is 1. The van der Waals surface area contributed by atoms with Crippen LogP contribution in [0, 0.1) is 0 Å². The molecule has 0 saturated carbocycles. The maximum absolute atomic E-state index is 12.9. The molecule has 0 aliphatic heterocycles. The van der Waals surface area contributed by atoms with Crippen LogP contribution in [0.15, 0.2) is 60.7 Å². The fraction of sp³-hybridized carbons (Fsp3) is 0.385. The number of aromatic nitrogens is 1. The lowest BCUT2D eigenvalue weighted by molar-refractivity contribution is 0.0464. The minimum Gasteiger partial charge on any atom is -0.443 e. The summed E-state index contributed by atoms with van der Waals surface area (Å²) in [5, 5.41) is 1.10. The quantitative estimate of drug-likeness (QED) is 0.452. The summed E-state index contributed by atoms with van der Waals surface area (Å²) in [6, 6.07) is 19.8. The van der Waals surface area contributed by atoms with Crippen molar-refractivity contribution in [2.75, 3.05) is 44.4 Å². The number of nitrogens with zero attached hydrogens (tertiary/aromatic N) is 2. The highest BCUT2D eigenvalue weighted by atomic mass is 16.6. The van der Waals surface area contributed by atoms with Crippen molar-refractivity contribution in [1.29, 1.82) is 0 Å². The predicted octanol–water partition coefficient (Wildman–Crippen LogP) is 4.64.